The second-order valence-corrected chi connectivity index (χ2v) is 4.11. The van der Waals surface area contributed by atoms with Crippen molar-refractivity contribution in [2.24, 2.45) is 0 Å². The van der Waals surface area contributed by atoms with Crippen molar-refractivity contribution in [2.45, 2.75) is 5.41 Å². The minimum atomic E-state index is -1.62. The number of rotatable bonds is 4. The van der Waals surface area contributed by atoms with E-state index in [9.17, 15) is 13.2 Å². The van der Waals surface area contributed by atoms with Crippen LogP contribution in [-0.2, 0) is 5.41 Å². The van der Waals surface area contributed by atoms with E-state index in [1.54, 1.807) is 18.2 Å². The van der Waals surface area contributed by atoms with Crippen molar-refractivity contribution in [3.8, 4) is 0 Å². The van der Waals surface area contributed by atoms with Crippen molar-refractivity contribution in [1.82, 2.24) is 0 Å². The Morgan fingerprint density at radius 2 is 1.64 bits per heavy atom. The molecule has 0 radical (unpaired) electrons. The Morgan fingerprint density at radius 3 is 2.07 bits per heavy atom. The first-order valence-electron chi connectivity index (χ1n) is 4.12. The lowest BCUT2D eigenvalue weighted by Crippen LogP contribution is -2.33. The van der Waals surface area contributed by atoms with Crippen molar-refractivity contribution in [2.75, 3.05) is 20.0 Å². The molecule has 0 aliphatic heterocycles. The largest absolute Gasteiger partial charge is 0.250 e. The highest BCUT2D eigenvalue weighted by Crippen LogP contribution is 2.28. The summed E-state index contributed by atoms with van der Waals surface area (Å²) in [6.07, 6.45) is 0. The smallest absolute Gasteiger partial charge is 0.104 e. The zero-order chi connectivity index (χ0) is 10.6. The van der Waals surface area contributed by atoms with E-state index in [4.69, 9.17) is 0 Å². The van der Waals surface area contributed by atoms with Crippen LogP contribution in [0.1, 0.15) is 5.56 Å². The van der Waals surface area contributed by atoms with E-state index >= 15 is 0 Å². The molecule has 0 fully saturated rings. The SMILES string of the molecule is FCC(CF)(CF)c1cccc(Br)c1. The van der Waals surface area contributed by atoms with E-state index in [0.29, 0.717) is 10.0 Å². The Balaban J connectivity index is 3.10. The van der Waals surface area contributed by atoms with Gasteiger partial charge in [-0.05, 0) is 17.7 Å². The van der Waals surface area contributed by atoms with Gasteiger partial charge >= 0.3 is 0 Å². The summed E-state index contributed by atoms with van der Waals surface area (Å²) in [5.74, 6) is 0. The molecule has 1 aromatic rings. The molecule has 0 atom stereocenters. The fraction of sp³-hybridized carbons (Fsp3) is 0.400. The standard InChI is InChI=1S/C10H10BrF3/c11-9-3-1-2-8(4-9)10(5-12,6-13)7-14/h1-4H,5-7H2. The van der Waals surface area contributed by atoms with E-state index in [0.717, 1.165) is 0 Å². The lowest BCUT2D eigenvalue weighted by Gasteiger charge is -2.24. The minimum absolute atomic E-state index is 0.347. The average Bonchev–Trinajstić information content (AvgIpc) is 2.22. The molecule has 0 heterocycles. The molecule has 0 amide bonds. The molecule has 78 valence electrons. The molecule has 14 heavy (non-hydrogen) atoms. The van der Waals surface area contributed by atoms with Crippen LogP contribution in [0.5, 0.6) is 0 Å². The molecule has 4 heteroatoms. The van der Waals surface area contributed by atoms with Crippen LogP contribution >= 0.6 is 15.9 Å². The molecule has 1 rings (SSSR count). The van der Waals surface area contributed by atoms with Gasteiger partial charge in [-0.15, -0.1) is 0 Å². The van der Waals surface area contributed by atoms with Crippen molar-refractivity contribution in [1.29, 1.82) is 0 Å². The van der Waals surface area contributed by atoms with Gasteiger partial charge in [-0.1, -0.05) is 28.1 Å². The highest BCUT2D eigenvalue weighted by Gasteiger charge is 2.33. The molecule has 0 spiro atoms. The van der Waals surface area contributed by atoms with Gasteiger partial charge in [-0.25, -0.2) is 13.2 Å². The molecule has 0 unspecified atom stereocenters. The first-order valence-corrected chi connectivity index (χ1v) is 4.92. The molecule has 0 saturated carbocycles. The van der Waals surface area contributed by atoms with Gasteiger partial charge in [0.05, 0.1) is 5.41 Å². The summed E-state index contributed by atoms with van der Waals surface area (Å²) in [5, 5.41) is 0. The summed E-state index contributed by atoms with van der Waals surface area (Å²) in [6.45, 7) is -3.09. The summed E-state index contributed by atoms with van der Waals surface area (Å²) >= 11 is 3.17. The van der Waals surface area contributed by atoms with Crippen molar-refractivity contribution in [3.05, 3.63) is 34.3 Å². The van der Waals surface area contributed by atoms with Crippen molar-refractivity contribution >= 4 is 15.9 Å². The maximum Gasteiger partial charge on any atom is 0.104 e. The van der Waals surface area contributed by atoms with Crippen molar-refractivity contribution in [3.63, 3.8) is 0 Å². The Labute approximate surface area is 89.3 Å². The Morgan fingerprint density at radius 1 is 1.07 bits per heavy atom. The van der Waals surface area contributed by atoms with E-state index in [-0.39, 0.29) is 0 Å². The summed E-state index contributed by atoms with van der Waals surface area (Å²) in [5.41, 5.74) is -1.27. The maximum absolute atomic E-state index is 12.6. The second-order valence-electron chi connectivity index (χ2n) is 3.19. The Kier molecular flexibility index (Phi) is 3.98. The fourth-order valence-corrected chi connectivity index (χ4v) is 1.56. The Bertz CT molecular complexity index is 289. The van der Waals surface area contributed by atoms with Crippen LogP contribution in [-0.4, -0.2) is 20.0 Å². The molecular formula is C10H10BrF3. The van der Waals surface area contributed by atoms with Gasteiger partial charge in [0.2, 0.25) is 0 Å². The van der Waals surface area contributed by atoms with Gasteiger partial charge in [-0.3, -0.25) is 0 Å². The number of halogens is 4. The van der Waals surface area contributed by atoms with E-state index in [1.807, 2.05) is 0 Å². The monoisotopic (exact) mass is 266 g/mol. The van der Waals surface area contributed by atoms with Crippen LogP contribution in [0.15, 0.2) is 28.7 Å². The van der Waals surface area contributed by atoms with Gasteiger partial charge < -0.3 is 0 Å². The van der Waals surface area contributed by atoms with Gasteiger partial charge in [0.1, 0.15) is 20.0 Å². The topological polar surface area (TPSA) is 0 Å². The number of hydrogen-bond donors (Lipinski definition) is 0. The van der Waals surface area contributed by atoms with Gasteiger partial charge in [0.25, 0.3) is 0 Å². The first kappa shape index (κ1) is 11.6. The zero-order valence-electron chi connectivity index (χ0n) is 7.44. The van der Waals surface area contributed by atoms with Crippen LogP contribution in [0, 0.1) is 0 Å². The van der Waals surface area contributed by atoms with Crippen LogP contribution in [0.3, 0.4) is 0 Å². The minimum Gasteiger partial charge on any atom is -0.250 e. The lowest BCUT2D eigenvalue weighted by molar-refractivity contribution is 0.191. The fourth-order valence-electron chi connectivity index (χ4n) is 1.16. The zero-order valence-corrected chi connectivity index (χ0v) is 9.03. The van der Waals surface area contributed by atoms with Crippen molar-refractivity contribution < 1.29 is 13.2 Å². The van der Waals surface area contributed by atoms with E-state index in [1.165, 1.54) is 6.07 Å². The van der Waals surface area contributed by atoms with E-state index < -0.39 is 25.4 Å². The molecule has 0 aromatic heterocycles. The lowest BCUT2D eigenvalue weighted by atomic mass is 9.84. The molecule has 0 saturated heterocycles. The van der Waals surface area contributed by atoms with Gasteiger partial charge in [-0.2, -0.15) is 0 Å². The highest BCUT2D eigenvalue weighted by atomic mass is 79.9. The quantitative estimate of drug-likeness (QED) is 0.782. The summed E-state index contributed by atoms with van der Waals surface area (Å²) in [7, 11) is 0. The van der Waals surface area contributed by atoms with Crippen LogP contribution in [0.2, 0.25) is 0 Å². The molecule has 0 aliphatic carbocycles. The van der Waals surface area contributed by atoms with Crippen LogP contribution in [0.25, 0.3) is 0 Å². The highest BCUT2D eigenvalue weighted by molar-refractivity contribution is 9.10. The average molecular weight is 267 g/mol. The first-order chi connectivity index (χ1) is 6.68. The third kappa shape index (κ3) is 2.11. The predicted octanol–water partition coefficient (Wildman–Crippen LogP) is 3.60. The van der Waals surface area contributed by atoms with Crippen LogP contribution < -0.4 is 0 Å². The number of benzene rings is 1. The maximum atomic E-state index is 12.6. The molecule has 0 nitrogen and oxygen atoms in total. The van der Waals surface area contributed by atoms with Gasteiger partial charge in [0.15, 0.2) is 0 Å². The third-order valence-electron chi connectivity index (χ3n) is 2.20. The number of alkyl halides is 3. The Hall–Kier alpha value is -0.510. The third-order valence-corrected chi connectivity index (χ3v) is 2.70. The number of hydrogen-bond acceptors (Lipinski definition) is 0. The summed E-state index contributed by atoms with van der Waals surface area (Å²) in [6, 6.07) is 6.43. The summed E-state index contributed by atoms with van der Waals surface area (Å²) < 4.78 is 38.6. The summed E-state index contributed by atoms with van der Waals surface area (Å²) in [4.78, 5) is 0. The molecular weight excluding hydrogens is 257 g/mol. The predicted molar refractivity (Wildman–Crippen MR) is 53.7 cm³/mol. The van der Waals surface area contributed by atoms with E-state index in [2.05, 4.69) is 15.9 Å². The molecule has 0 N–H and O–H groups in total. The second kappa shape index (κ2) is 4.82. The molecule has 0 aliphatic rings. The molecule has 1 aromatic carbocycles. The van der Waals surface area contributed by atoms with Crippen LogP contribution in [0.4, 0.5) is 13.2 Å². The van der Waals surface area contributed by atoms with Gasteiger partial charge in [0, 0.05) is 4.47 Å². The normalized spacial score (nSPS) is 11.7. The molecule has 0 bridgehead atoms.